The van der Waals surface area contributed by atoms with Gasteiger partial charge in [-0.1, -0.05) is 12.1 Å². The summed E-state index contributed by atoms with van der Waals surface area (Å²) in [6.07, 6.45) is 1.50. The fourth-order valence-corrected chi connectivity index (χ4v) is 3.39. The number of nitrogens with one attached hydrogen (secondary N) is 1. The van der Waals surface area contributed by atoms with Crippen LogP contribution in [-0.4, -0.2) is 23.7 Å². The third-order valence-electron chi connectivity index (χ3n) is 3.12. The fourth-order valence-electron chi connectivity index (χ4n) is 2.18. The lowest BCUT2D eigenvalue weighted by Gasteiger charge is -2.20. The van der Waals surface area contributed by atoms with Gasteiger partial charge >= 0.3 is 0 Å². The second kappa shape index (κ2) is 6.48. The van der Waals surface area contributed by atoms with Gasteiger partial charge in [-0.15, -0.1) is 0 Å². The summed E-state index contributed by atoms with van der Waals surface area (Å²) in [6.45, 7) is 6.38. The van der Waals surface area contributed by atoms with Crippen LogP contribution in [0.15, 0.2) is 24.3 Å². The van der Waals surface area contributed by atoms with Crippen LogP contribution < -0.4 is 10.1 Å². The molecule has 1 aromatic rings. The van der Waals surface area contributed by atoms with Crippen molar-refractivity contribution in [2.45, 2.75) is 45.4 Å². The van der Waals surface area contributed by atoms with E-state index >= 15 is 0 Å². The number of thioether (sulfide) groups is 1. The molecule has 1 fully saturated rings. The zero-order chi connectivity index (χ0) is 13.0. The highest BCUT2D eigenvalue weighted by Crippen LogP contribution is 2.25. The molecule has 3 heteroatoms. The minimum atomic E-state index is 0.238. The molecular weight excluding hydrogens is 242 g/mol. The Hall–Kier alpha value is -0.670. The van der Waals surface area contributed by atoms with Gasteiger partial charge in [-0.2, -0.15) is 11.8 Å². The first-order valence-electron chi connectivity index (χ1n) is 6.75. The summed E-state index contributed by atoms with van der Waals surface area (Å²) < 4.78 is 5.68. The molecule has 2 atom stereocenters. The van der Waals surface area contributed by atoms with Gasteiger partial charge in [0.1, 0.15) is 5.75 Å². The van der Waals surface area contributed by atoms with Crippen LogP contribution in [0.4, 0.5) is 0 Å². The predicted octanol–water partition coefficient (Wildman–Crippen LogP) is 3.63. The first-order valence-corrected chi connectivity index (χ1v) is 7.91. The monoisotopic (exact) mass is 265 g/mol. The van der Waals surface area contributed by atoms with Crippen LogP contribution in [0.1, 0.15) is 38.8 Å². The summed E-state index contributed by atoms with van der Waals surface area (Å²) in [6, 6.07) is 9.62. The molecular formula is C15H23NOS. The number of ether oxygens (including phenoxy) is 1. The molecule has 1 aromatic carbocycles. The van der Waals surface area contributed by atoms with Crippen LogP contribution in [0.25, 0.3) is 0 Å². The Morgan fingerprint density at radius 3 is 2.67 bits per heavy atom. The number of benzene rings is 1. The van der Waals surface area contributed by atoms with Crippen LogP contribution in [0.3, 0.4) is 0 Å². The number of hydrogen-bond acceptors (Lipinski definition) is 3. The van der Waals surface area contributed by atoms with Gasteiger partial charge in [0.05, 0.1) is 6.10 Å². The minimum Gasteiger partial charge on any atom is -0.491 e. The Morgan fingerprint density at radius 1 is 1.28 bits per heavy atom. The van der Waals surface area contributed by atoms with Crippen molar-refractivity contribution in [2.75, 3.05) is 11.5 Å². The molecule has 2 unspecified atom stereocenters. The zero-order valence-corrected chi connectivity index (χ0v) is 12.3. The molecule has 0 radical (unpaired) electrons. The molecule has 0 aromatic heterocycles. The fraction of sp³-hybridized carbons (Fsp3) is 0.600. The molecule has 18 heavy (non-hydrogen) atoms. The second-order valence-electron chi connectivity index (χ2n) is 5.22. The molecule has 1 saturated heterocycles. The maximum atomic E-state index is 5.68. The van der Waals surface area contributed by atoms with Crippen molar-refractivity contribution >= 4 is 11.8 Å². The maximum absolute atomic E-state index is 5.68. The molecule has 0 saturated carbocycles. The van der Waals surface area contributed by atoms with Crippen molar-refractivity contribution in [3.8, 4) is 5.75 Å². The Kier molecular flexibility index (Phi) is 4.95. The van der Waals surface area contributed by atoms with Gasteiger partial charge in [-0.05, 0) is 50.6 Å². The first-order chi connectivity index (χ1) is 8.65. The quantitative estimate of drug-likeness (QED) is 0.901. The lowest BCUT2D eigenvalue weighted by Crippen LogP contribution is -2.30. The van der Waals surface area contributed by atoms with Gasteiger partial charge in [0.25, 0.3) is 0 Å². The largest absolute Gasteiger partial charge is 0.491 e. The molecule has 1 aliphatic rings. The van der Waals surface area contributed by atoms with Crippen molar-refractivity contribution in [1.29, 1.82) is 0 Å². The van der Waals surface area contributed by atoms with E-state index < -0.39 is 0 Å². The minimum absolute atomic E-state index is 0.238. The second-order valence-corrected chi connectivity index (χ2v) is 6.37. The number of rotatable bonds is 3. The molecule has 0 spiro atoms. The summed E-state index contributed by atoms with van der Waals surface area (Å²) in [5, 5.41) is 3.69. The van der Waals surface area contributed by atoms with E-state index in [-0.39, 0.29) is 6.10 Å². The summed E-state index contributed by atoms with van der Waals surface area (Å²) in [5.74, 6) is 3.39. The van der Waals surface area contributed by atoms with Crippen LogP contribution >= 0.6 is 11.8 Å². The molecule has 1 N–H and O–H groups in total. The molecule has 1 aliphatic heterocycles. The van der Waals surface area contributed by atoms with Gasteiger partial charge in [0.2, 0.25) is 0 Å². The topological polar surface area (TPSA) is 21.3 Å². The highest BCUT2D eigenvalue weighted by molar-refractivity contribution is 7.99. The standard InChI is InChI=1S/C15H23NOS/c1-11(2)17-14-6-4-13(5-7-14)15-10-18-9-8-12(3)16-15/h4-7,11-12,15-16H,8-10H2,1-3H3. The van der Waals surface area contributed by atoms with Crippen molar-refractivity contribution in [1.82, 2.24) is 5.32 Å². The molecule has 2 rings (SSSR count). The Balaban J connectivity index is 2.03. The molecule has 2 nitrogen and oxygen atoms in total. The Morgan fingerprint density at radius 2 is 2.00 bits per heavy atom. The smallest absolute Gasteiger partial charge is 0.119 e. The molecule has 0 aliphatic carbocycles. The normalized spacial score (nSPS) is 24.9. The van der Waals surface area contributed by atoms with E-state index in [1.807, 2.05) is 11.8 Å². The third kappa shape index (κ3) is 3.92. The SMILES string of the molecule is CC1CCSCC(c2ccc(OC(C)C)cc2)N1. The van der Waals surface area contributed by atoms with Crippen molar-refractivity contribution in [3.05, 3.63) is 29.8 Å². The highest BCUT2D eigenvalue weighted by atomic mass is 32.2. The first kappa shape index (κ1) is 13.8. The average Bonchev–Trinajstić information content (AvgIpc) is 2.54. The highest BCUT2D eigenvalue weighted by Gasteiger charge is 2.17. The van der Waals surface area contributed by atoms with Crippen LogP contribution in [0.5, 0.6) is 5.75 Å². The zero-order valence-electron chi connectivity index (χ0n) is 11.5. The summed E-state index contributed by atoms with van der Waals surface area (Å²) in [7, 11) is 0. The Bertz CT molecular complexity index is 363. The van der Waals surface area contributed by atoms with E-state index in [9.17, 15) is 0 Å². The van der Waals surface area contributed by atoms with Gasteiger partial charge in [-0.25, -0.2) is 0 Å². The predicted molar refractivity (Wildman–Crippen MR) is 79.5 cm³/mol. The molecule has 100 valence electrons. The lowest BCUT2D eigenvalue weighted by atomic mass is 10.1. The van der Waals surface area contributed by atoms with Crippen molar-refractivity contribution in [2.24, 2.45) is 0 Å². The van der Waals surface area contributed by atoms with E-state index in [0.29, 0.717) is 12.1 Å². The van der Waals surface area contributed by atoms with Gasteiger partial charge in [0.15, 0.2) is 0 Å². The van der Waals surface area contributed by atoms with Gasteiger partial charge < -0.3 is 10.1 Å². The van der Waals surface area contributed by atoms with Gasteiger partial charge in [0, 0.05) is 17.8 Å². The Labute approximate surface area is 114 Å². The molecule has 0 bridgehead atoms. The van der Waals surface area contributed by atoms with Crippen molar-refractivity contribution in [3.63, 3.8) is 0 Å². The van der Waals surface area contributed by atoms with E-state index in [4.69, 9.17) is 4.74 Å². The number of hydrogen-bond donors (Lipinski definition) is 1. The van der Waals surface area contributed by atoms with E-state index in [1.54, 1.807) is 0 Å². The van der Waals surface area contributed by atoms with Crippen LogP contribution in [-0.2, 0) is 0 Å². The third-order valence-corrected chi connectivity index (χ3v) is 4.21. The van der Waals surface area contributed by atoms with E-state index in [1.165, 1.54) is 17.7 Å². The average molecular weight is 265 g/mol. The summed E-state index contributed by atoms with van der Waals surface area (Å²) in [4.78, 5) is 0. The van der Waals surface area contributed by atoms with Crippen LogP contribution in [0, 0.1) is 0 Å². The lowest BCUT2D eigenvalue weighted by molar-refractivity contribution is 0.242. The summed E-state index contributed by atoms with van der Waals surface area (Å²) in [5.41, 5.74) is 1.37. The van der Waals surface area contributed by atoms with E-state index in [0.717, 1.165) is 11.5 Å². The molecule has 0 amide bonds. The van der Waals surface area contributed by atoms with E-state index in [2.05, 4.69) is 50.4 Å². The maximum Gasteiger partial charge on any atom is 0.119 e. The van der Waals surface area contributed by atoms with Crippen molar-refractivity contribution < 1.29 is 4.74 Å². The van der Waals surface area contributed by atoms with Gasteiger partial charge in [-0.3, -0.25) is 0 Å². The molecule has 1 heterocycles. The van der Waals surface area contributed by atoms with Crippen LogP contribution in [0.2, 0.25) is 0 Å². The summed E-state index contributed by atoms with van der Waals surface area (Å²) >= 11 is 2.04.